The largest absolute Gasteiger partial charge is 0.381 e. The molecule has 2 aliphatic heterocycles. The van der Waals surface area contributed by atoms with Crippen molar-refractivity contribution >= 4 is 11.8 Å². The van der Waals surface area contributed by atoms with E-state index in [9.17, 15) is 9.59 Å². The number of ether oxygens (including phenoxy) is 1. The lowest BCUT2D eigenvalue weighted by Crippen LogP contribution is -2.42. The van der Waals surface area contributed by atoms with Gasteiger partial charge in [-0.1, -0.05) is 19.0 Å². The minimum atomic E-state index is -0.339. The Balaban J connectivity index is 1.71. The Morgan fingerprint density at radius 2 is 2.12 bits per heavy atom. The highest BCUT2D eigenvalue weighted by molar-refractivity contribution is 5.86. The number of hydrogen-bond donors (Lipinski definition) is 1. The highest BCUT2D eigenvalue weighted by Crippen LogP contribution is 2.30. The van der Waals surface area contributed by atoms with Crippen molar-refractivity contribution < 1.29 is 18.8 Å². The number of aromatic nitrogens is 2. The summed E-state index contributed by atoms with van der Waals surface area (Å²) in [5, 5.41) is 7.04. The summed E-state index contributed by atoms with van der Waals surface area (Å²) in [6.07, 6.45) is 3.00. The number of nitrogens with one attached hydrogen (secondary N) is 1. The highest BCUT2D eigenvalue weighted by atomic mass is 16.5. The van der Waals surface area contributed by atoms with Gasteiger partial charge in [-0.3, -0.25) is 9.59 Å². The topological polar surface area (TPSA) is 97.6 Å². The third-order valence-corrected chi connectivity index (χ3v) is 4.80. The SMILES string of the molecule is CC(C)c1noc([C@@H](NC(=O)CN2CCCC2=O)C2CCOCC2)n1. The van der Waals surface area contributed by atoms with E-state index in [0.717, 1.165) is 19.3 Å². The van der Waals surface area contributed by atoms with Gasteiger partial charge in [0.2, 0.25) is 17.7 Å². The van der Waals surface area contributed by atoms with Crippen LogP contribution >= 0.6 is 0 Å². The maximum absolute atomic E-state index is 12.5. The van der Waals surface area contributed by atoms with Gasteiger partial charge in [0.25, 0.3) is 0 Å². The van der Waals surface area contributed by atoms with Gasteiger partial charge in [-0.25, -0.2) is 0 Å². The second-order valence-corrected chi connectivity index (χ2v) is 7.06. The Hall–Kier alpha value is -1.96. The van der Waals surface area contributed by atoms with Crippen molar-refractivity contribution in [3.63, 3.8) is 0 Å². The molecule has 1 atom stereocenters. The number of carbonyl (C=O) groups is 2. The first-order valence-electron chi connectivity index (χ1n) is 9.03. The van der Waals surface area contributed by atoms with Gasteiger partial charge < -0.3 is 19.5 Å². The molecule has 0 spiro atoms. The second kappa shape index (κ2) is 7.95. The molecule has 2 amide bonds. The molecular weight excluding hydrogens is 324 g/mol. The van der Waals surface area contributed by atoms with E-state index in [4.69, 9.17) is 9.26 Å². The molecule has 8 heteroatoms. The van der Waals surface area contributed by atoms with E-state index in [1.54, 1.807) is 4.90 Å². The van der Waals surface area contributed by atoms with Gasteiger partial charge in [-0.15, -0.1) is 0 Å². The Morgan fingerprint density at radius 1 is 1.36 bits per heavy atom. The van der Waals surface area contributed by atoms with Crippen LogP contribution in [0.2, 0.25) is 0 Å². The van der Waals surface area contributed by atoms with Crippen LogP contribution in [0.15, 0.2) is 4.52 Å². The molecule has 1 N–H and O–H groups in total. The van der Waals surface area contributed by atoms with Crippen LogP contribution in [-0.4, -0.2) is 53.2 Å². The fourth-order valence-corrected chi connectivity index (χ4v) is 3.30. The molecule has 0 radical (unpaired) electrons. The summed E-state index contributed by atoms with van der Waals surface area (Å²) in [5.41, 5.74) is 0. The Bertz CT molecular complexity index is 610. The van der Waals surface area contributed by atoms with E-state index in [1.807, 2.05) is 13.8 Å². The van der Waals surface area contributed by atoms with Crippen LogP contribution in [-0.2, 0) is 14.3 Å². The Kier molecular flexibility index (Phi) is 5.67. The first-order valence-corrected chi connectivity index (χ1v) is 9.03. The van der Waals surface area contributed by atoms with E-state index in [-0.39, 0.29) is 36.2 Å². The molecule has 3 rings (SSSR count). The molecule has 8 nitrogen and oxygen atoms in total. The number of carbonyl (C=O) groups excluding carboxylic acids is 2. The van der Waals surface area contributed by atoms with Crippen LogP contribution in [0.1, 0.15) is 63.2 Å². The predicted molar refractivity (Wildman–Crippen MR) is 88.6 cm³/mol. The van der Waals surface area contributed by atoms with Crippen molar-refractivity contribution in [2.24, 2.45) is 5.92 Å². The molecule has 0 unspecified atom stereocenters. The van der Waals surface area contributed by atoms with Crippen LogP contribution in [0.25, 0.3) is 0 Å². The molecule has 0 saturated carbocycles. The molecule has 2 aliphatic rings. The minimum Gasteiger partial charge on any atom is -0.381 e. The molecule has 3 heterocycles. The summed E-state index contributed by atoms with van der Waals surface area (Å²) in [5.74, 6) is 1.28. The lowest BCUT2D eigenvalue weighted by Gasteiger charge is -2.29. The molecule has 1 aromatic heterocycles. The van der Waals surface area contributed by atoms with Crippen molar-refractivity contribution in [3.8, 4) is 0 Å². The molecular formula is C17H26N4O4. The standard InChI is InChI=1S/C17H26N4O4/c1-11(2)16-19-17(25-20-16)15(12-5-8-24-9-6-12)18-13(22)10-21-7-3-4-14(21)23/h11-12,15H,3-10H2,1-2H3,(H,18,22)/t15-/m0/s1. The van der Waals surface area contributed by atoms with Crippen molar-refractivity contribution in [2.45, 2.75) is 51.5 Å². The van der Waals surface area contributed by atoms with Crippen LogP contribution in [0.4, 0.5) is 0 Å². The summed E-state index contributed by atoms with van der Waals surface area (Å²) in [4.78, 5) is 30.3. The van der Waals surface area contributed by atoms with Crippen LogP contribution in [0.3, 0.4) is 0 Å². The summed E-state index contributed by atoms with van der Waals surface area (Å²) >= 11 is 0. The lowest BCUT2D eigenvalue weighted by molar-refractivity contribution is -0.133. The maximum atomic E-state index is 12.5. The average molecular weight is 350 g/mol. The van der Waals surface area contributed by atoms with E-state index in [1.165, 1.54) is 0 Å². The van der Waals surface area contributed by atoms with Crippen molar-refractivity contribution in [3.05, 3.63) is 11.7 Å². The zero-order chi connectivity index (χ0) is 17.8. The number of nitrogens with zero attached hydrogens (tertiary/aromatic N) is 3. The smallest absolute Gasteiger partial charge is 0.249 e. The van der Waals surface area contributed by atoms with E-state index >= 15 is 0 Å². The van der Waals surface area contributed by atoms with Gasteiger partial charge in [-0.05, 0) is 25.2 Å². The molecule has 1 aromatic rings. The predicted octanol–water partition coefficient (Wildman–Crippen LogP) is 1.40. The quantitative estimate of drug-likeness (QED) is 0.833. The average Bonchev–Trinajstić information content (AvgIpc) is 3.23. The number of amides is 2. The van der Waals surface area contributed by atoms with Gasteiger partial charge in [0.1, 0.15) is 6.04 Å². The zero-order valence-corrected chi connectivity index (χ0v) is 14.9. The molecule has 0 aromatic carbocycles. The van der Waals surface area contributed by atoms with Crippen LogP contribution in [0.5, 0.6) is 0 Å². The molecule has 0 bridgehead atoms. The molecule has 0 aliphatic carbocycles. The van der Waals surface area contributed by atoms with Gasteiger partial charge in [0, 0.05) is 32.1 Å². The number of rotatable bonds is 6. The normalized spacial score (nSPS) is 20.3. The maximum Gasteiger partial charge on any atom is 0.249 e. The summed E-state index contributed by atoms with van der Waals surface area (Å²) in [6.45, 7) is 6.04. The first kappa shape index (κ1) is 17.8. The minimum absolute atomic E-state index is 0.0395. The monoisotopic (exact) mass is 350 g/mol. The fraction of sp³-hybridized carbons (Fsp3) is 0.765. The summed E-state index contributed by atoms with van der Waals surface area (Å²) in [7, 11) is 0. The molecule has 2 fully saturated rings. The van der Waals surface area contributed by atoms with Gasteiger partial charge >= 0.3 is 0 Å². The van der Waals surface area contributed by atoms with Gasteiger partial charge in [-0.2, -0.15) is 4.98 Å². The van der Waals surface area contributed by atoms with Crippen LogP contribution < -0.4 is 5.32 Å². The van der Waals surface area contributed by atoms with E-state index in [0.29, 0.717) is 37.9 Å². The van der Waals surface area contributed by atoms with Gasteiger partial charge in [0.05, 0.1) is 6.54 Å². The van der Waals surface area contributed by atoms with Crippen molar-refractivity contribution in [1.82, 2.24) is 20.4 Å². The Labute approximate surface area is 147 Å². The Morgan fingerprint density at radius 3 is 2.72 bits per heavy atom. The summed E-state index contributed by atoms with van der Waals surface area (Å²) in [6, 6.07) is -0.339. The summed E-state index contributed by atoms with van der Waals surface area (Å²) < 4.78 is 10.9. The second-order valence-electron chi connectivity index (χ2n) is 7.06. The third kappa shape index (κ3) is 4.36. The first-order chi connectivity index (χ1) is 12.0. The van der Waals surface area contributed by atoms with E-state index < -0.39 is 0 Å². The number of likely N-dealkylation sites (tertiary alicyclic amines) is 1. The van der Waals surface area contributed by atoms with E-state index in [2.05, 4.69) is 15.5 Å². The molecule has 138 valence electrons. The highest BCUT2D eigenvalue weighted by Gasteiger charge is 2.32. The zero-order valence-electron chi connectivity index (χ0n) is 14.9. The fourth-order valence-electron chi connectivity index (χ4n) is 3.30. The molecule has 2 saturated heterocycles. The van der Waals surface area contributed by atoms with Crippen molar-refractivity contribution in [2.75, 3.05) is 26.3 Å². The number of hydrogen-bond acceptors (Lipinski definition) is 6. The molecule has 25 heavy (non-hydrogen) atoms. The third-order valence-electron chi connectivity index (χ3n) is 4.80. The van der Waals surface area contributed by atoms with Crippen molar-refractivity contribution in [1.29, 1.82) is 0 Å². The van der Waals surface area contributed by atoms with Gasteiger partial charge in [0.15, 0.2) is 5.82 Å². The van der Waals surface area contributed by atoms with Crippen LogP contribution in [0, 0.1) is 5.92 Å². The lowest BCUT2D eigenvalue weighted by atomic mass is 9.91.